The van der Waals surface area contributed by atoms with Gasteiger partial charge >= 0.3 is 11.8 Å². The fourth-order valence-corrected chi connectivity index (χ4v) is 2.16. The lowest BCUT2D eigenvalue weighted by Crippen LogP contribution is -2.36. The van der Waals surface area contributed by atoms with Gasteiger partial charge in [0.15, 0.2) is 0 Å². The molecule has 0 aliphatic rings. The van der Waals surface area contributed by atoms with E-state index in [1.165, 1.54) is 0 Å². The average Bonchev–Trinajstić information content (AvgIpc) is 2.55. The van der Waals surface area contributed by atoms with Crippen molar-refractivity contribution in [2.24, 2.45) is 0 Å². The van der Waals surface area contributed by atoms with Gasteiger partial charge in [0.25, 0.3) is 0 Å². The molecule has 23 heavy (non-hydrogen) atoms. The second kappa shape index (κ2) is 8.31. The molecule has 0 unspecified atom stereocenters. The van der Waals surface area contributed by atoms with Gasteiger partial charge in [-0.05, 0) is 35.7 Å². The normalized spacial score (nSPS) is 10.2. The summed E-state index contributed by atoms with van der Waals surface area (Å²) in [4.78, 5) is 23.5. The van der Waals surface area contributed by atoms with Gasteiger partial charge < -0.3 is 15.7 Å². The number of hydrogen-bond donors (Lipinski definition) is 3. The van der Waals surface area contributed by atoms with E-state index in [1.54, 1.807) is 24.3 Å². The highest BCUT2D eigenvalue weighted by atomic mass is 35.5. The first kappa shape index (κ1) is 17.0. The van der Waals surface area contributed by atoms with Crippen LogP contribution in [0.2, 0.25) is 5.02 Å². The maximum absolute atomic E-state index is 11.8. The lowest BCUT2D eigenvalue weighted by atomic mass is 10.1. The number of carbonyl (C=O) groups is 2. The first-order valence-corrected chi connectivity index (χ1v) is 7.49. The van der Waals surface area contributed by atoms with Crippen molar-refractivity contribution in [3.63, 3.8) is 0 Å². The smallest absolute Gasteiger partial charge is 0.313 e. The second-order valence-electron chi connectivity index (χ2n) is 4.94. The lowest BCUT2D eigenvalue weighted by molar-refractivity contribution is -0.136. The van der Waals surface area contributed by atoms with Crippen molar-refractivity contribution in [2.45, 2.75) is 13.0 Å². The minimum Gasteiger partial charge on any atom is -0.392 e. The maximum atomic E-state index is 11.8. The Morgan fingerprint density at radius 1 is 1.00 bits per heavy atom. The number of halogens is 1. The number of aliphatic hydroxyl groups excluding tert-OH is 1. The number of amides is 2. The van der Waals surface area contributed by atoms with E-state index in [1.807, 2.05) is 24.3 Å². The Kier molecular flexibility index (Phi) is 6.14. The molecule has 2 aromatic carbocycles. The fourth-order valence-electron chi connectivity index (χ4n) is 1.97. The molecule has 0 aliphatic carbocycles. The summed E-state index contributed by atoms with van der Waals surface area (Å²) in [5.74, 6) is -1.43. The van der Waals surface area contributed by atoms with Crippen LogP contribution in [0.1, 0.15) is 11.1 Å². The van der Waals surface area contributed by atoms with E-state index < -0.39 is 11.8 Å². The highest BCUT2D eigenvalue weighted by molar-refractivity contribution is 6.39. The minimum atomic E-state index is -0.733. The van der Waals surface area contributed by atoms with E-state index >= 15 is 0 Å². The molecule has 0 aromatic heterocycles. The van der Waals surface area contributed by atoms with Gasteiger partial charge in [-0.25, -0.2) is 0 Å². The predicted octanol–water partition coefficient (Wildman–Crippen LogP) is 2.13. The molecule has 0 saturated heterocycles. The molecule has 0 bridgehead atoms. The molecular formula is C17H17ClN2O3. The Morgan fingerprint density at radius 2 is 1.70 bits per heavy atom. The molecule has 2 rings (SSSR count). The van der Waals surface area contributed by atoms with Gasteiger partial charge in [0, 0.05) is 17.3 Å². The summed E-state index contributed by atoms with van der Waals surface area (Å²) in [6.07, 6.45) is 0.599. The van der Waals surface area contributed by atoms with Crippen molar-refractivity contribution in [2.75, 3.05) is 11.9 Å². The summed E-state index contributed by atoms with van der Waals surface area (Å²) >= 11 is 5.81. The first-order valence-electron chi connectivity index (χ1n) is 7.12. The van der Waals surface area contributed by atoms with Crippen LogP contribution in [-0.2, 0) is 22.6 Å². The van der Waals surface area contributed by atoms with Crippen LogP contribution < -0.4 is 10.6 Å². The molecule has 0 aliphatic heterocycles. The zero-order chi connectivity index (χ0) is 16.7. The number of aliphatic hydroxyl groups is 1. The van der Waals surface area contributed by atoms with E-state index in [0.717, 1.165) is 11.1 Å². The zero-order valence-electron chi connectivity index (χ0n) is 12.4. The number of nitrogens with one attached hydrogen (secondary N) is 2. The third kappa shape index (κ3) is 5.39. The quantitative estimate of drug-likeness (QED) is 0.734. The summed E-state index contributed by atoms with van der Waals surface area (Å²) in [6.45, 7) is 0.348. The predicted molar refractivity (Wildman–Crippen MR) is 89.2 cm³/mol. The van der Waals surface area contributed by atoms with Crippen molar-refractivity contribution in [1.29, 1.82) is 0 Å². The summed E-state index contributed by atoms with van der Waals surface area (Å²) in [6, 6.07) is 14.0. The van der Waals surface area contributed by atoms with Gasteiger partial charge in [0.05, 0.1) is 6.61 Å². The zero-order valence-corrected chi connectivity index (χ0v) is 13.1. The lowest BCUT2D eigenvalue weighted by Gasteiger charge is -2.07. The topological polar surface area (TPSA) is 78.4 Å². The molecule has 0 spiro atoms. The standard InChI is InChI=1S/C17H17ClN2O3/c18-14-2-1-3-15(10-14)20-17(23)16(22)19-9-8-12-4-6-13(11-21)7-5-12/h1-7,10,21H,8-9,11H2,(H,19,22)(H,20,23). The largest absolute Gasteiger partial charge is 0.392 e. The fraction of sp³-hybridized carbons (Fsp3) is 0.176. The number of benzene rings is 2. The monoisotopic (exact) mass is 332 g/mol. The van der Waals surface area contributed by atoms with Crippen LogP contribution in [0.15, 0.2) is 48.5 Å². The molecule has 0 fully saturated rings. The molecule has 6 heteroatoms. The average molecular weight is 333 g/mol. The van der Waals surface area contributed by atoms with Crippen molar-refractivity contribution in [1.82, 2.24) is 5.32 Å². The third-order valence-electron chi connectivity index (χ3n) is 3.19. The van der Waals surface area contributed by atoms with Gasteiger partial charge in [-0.2, -0.15) is 0 Å². The van der Waals surface area contributed by atoms with E-state index in [0.29, 0.717) is 23.7 Å². The van der Waals surface area contributed by atoms with Crippen molar-refractivity contribution in [3.8, 4) is 0 Å². The molecule has 0 saturated carbocycles. The number of hydrogen-bond acceptors (Lipinski definition) is 3. The van der Waals surface area contributed by atoms with Crippen LogP contribution in [0.25, 0.3) is 0 Å². The molecule has 5 nitrogen and oxygen atoms in total. The summed E-state index contributed by atoms with van der Waals surface area (Å²) in [5, 5.41) is 14.5. The Hall–Kier alpha value is -2.37. The summed E-state index contributed by atoms with van der Waals surface area (Å²) < 4.78 is 0. The summed E-state index contributed by atoms with van der Waals surface area (Å²) in [5.41, 5.74) is 2.31. The van der Waals surface area contributed by atoms with E-state index in [2.05, 4.69) is 10.6 Å². The van der Waals surface area contributed by atoms with Gasteiger partial charge in [0.2, 0.25) is 0 Å². The van der Waals surface area contributed by atoms with Crippen molar-refractivity contribution < 1.29 is 14.7 Å². The molecule has 120 valence electrons. The van der Waals surface area contributed by atoms with E-state index in [9.17, 15) is 9.59 Å². The molecule has 0 radical (unpaired) electrons. The third-order valence-corrected chi connectivity index (χ3v) is 3.43. The maximum Gasteiger partial charge on any atom is 0.313 e. The highest BCUT2D eigenvalue weighted by Gasteiger charge is 2.13. The Morgan fingerprint density at radius 3 is 2.35 bits per heavy atom. The first-order chi connectivity index (χ1) is 11.1. The molecule has 2 aromatic rings. The highest BCUT2D eigenvalue weighted by Crippen LogP contribution is 2.14. The van der Waals surface area contributed by atoms with Crippen molar-refractivity contribution >= 4 is 29.1 Å². The van der Waals surface area contributed by atoms with Gasteiger partial charge in [-0.3, -0.25) is 9.59 Å². The van der Waals surface area contributed by atoms with E-state index in [-0.39, 0.29) is 6.61 Å². The molecule has 0 atom stereocenters. The van der Waals surface area contributed by atoms with Crippen LogP contribution in [0, 0.1) is 0 Å². The second-order valence-corrected chi connectivity index (χ2v) is 5.38. The van der Waals surface area contributed by atoms with Crippen LogP contribution in [0.3, 0.4) is 0 Å². The number of carbonyl (C=O) groups excluding carboxylic acids is 2. The Balaban J connectivity index is 1.78. The number of anilines is 1. The minimum absolute atomic E-state index is 0.000684. The van der Waals surface area contributed by atoms with E-state index in [4.69, 9.17) is 16.7 Å². The van der Waals surface area contributed by atoms with Gasteiger partial charge in [-0.15, -0.1) is 0 Å². The Labute approximate surface area is 139 Å². The van der Waals surface area contributed by atoms with Gasteiger partial charge in [-0.1, -0.05) is 41.9 Å². The molecule has 2 amide bonds. The number of rotatable bonds is 5. The van der Waals surface area contributed by atoms with Crippen LogP contribution in [-0.4, -0.2) is 23.5 Å². The molecule has 0 heterocycles. The Bertz CT molecular complexity index is 686. The summed E-state index contributed by atoms with van der Waals surface area (Å²) in [7, 11) is 0. The van der Waals surface area contributed by atoms with Crippen molar-refractivity contribution in [3.05, 3.63) is 64.7 Å². The van der Waals surface area contributed by atoms with Crippen LogP contribution in [0.4, 0.5) is 5.69 Å². The van der Waals surface area contributed by atoms with Gasteiger partial charge in [0.1, 0.15) is 0 Å². The molecular weight excluding hydrogens is 316 g/mol. The van der Waals surface area contributed by atoms with Crippen LogP contribution >= 0.6 is 11.6 Å². The molecule has 3 N–H and O–H groups in total. The SMILES string of the molecule is O=C(NCCc1ccc(CO)cc1)C(=O)Nc1cccc(Cl)c1. The van der Waals surface area contributed by atoms with Crippen LogP contribution in [0.5, 0.6) is 0 Å².